The molecule has 0 aromatic carbocycles. The fourth-order valence-electron chi connectivity index (χ4n) is 3.39. The third-order valence-corrected chi connectivity index (χ3v) is 10.8. The predicted molar refractivity (Wildman–Crippen MR) is 138 cm³/mol. The van der Waals surface area contributed by atoms with Crippen molar-refractivity contribution in [3.05, 3.63) is 23.8 Å². The van der Waals surface area contributed by atoms with E-state index in [1.165, 1.54) is 0 Å². The second kappa shape index (κ2) is 12.5. The minimum atomic E-state index is -2.02. The average Bonchev–Trinajstić information content (AvgIpc) is 2.65. The Hall–Kier alpha value is -1.15. The van der Waals surface area contributed by atoms with Gasteiger partial charge in [0, 0.05) is 26.1 Å². The van der Waals surface area contributed by atoms with Crippen molar-refractivity contribution in [2.24, 2.45) is 5.92 Å². The zero-order valence-corrected chi connectivity index (χ0v) is 24.0. The molecule has 7 heteroatoms. The molecule has 0 saturated carbocycles. The molecule has 0 radical (unpaired) electrons. The highest BCUT2D eigenvalue weighted by Crippen LogP contribution is 2.39. The molecule has 0 fully saturated rings. The molecule has 0 spiro atoms. The first-order chi connectivity index (χ1) is 15.1. The van der Waals surface area contributed by atoms with E-state index in [1.54, 1.807) is 12.0 Å². The Morgan fingerprint density at radius 2 is 1.79 bits per heavy atom. The molecule has 1 aliphatic rings. The van der Waals surface area contributed by atoms with Crippen molar-refractivity contribution in [1.82, 2.24) is 4.90 Å². The molecular formula is C26H49NO5Si. The lowest BCUT2D eigenvalue weighted by Gasteiger charge is -2.42. The summed E-state index contributed by atoms with van der Waals surface area (Å²) in [5.41, 5.74) is 0.615. The first-order valence-corrected chi connectivity index (χ1v) is 15.1. The molecule has 0 unspecified atom stereocenters. The Bertz CT molecular complexity index is 675. The number of carbonyl (C=O) groups excluding carboxylic acids is 1. The number of ether oxygens (including phenoxy) is 3. The van der Waals surface area contributed by atoms with Crippen LogP contribution in [0.3, 0.4) is 0 Å². The summed E-state index contributed by atoms with van der Waals surface area (Å²) < 4.78 is 24.3. The van der Waals surface area contributed by atoms with Crippen LogP contribution in [0.5, 0.6) is 0 Å². The third-order valence-electron chi connectivity index (χ3n) is 6.28. The van der Waals surface area contributed by atoms with Crippen LogP contribution in [0.25, 0.3) is 0 Å². The van der Waals surface area contributed by atoms with E-state index in [2.05, 4.69) is 65.9 Å². The van der Waals surface area contributed by atoms with Crippen LogP contribution in [0, 0.1) is 5.92 Å². The monoisotopic (exact) mass is 483 g/mol. The van der Waals surface area contributed by atoms with Crippen molar-refractivity contribution in [3.63, 3.8) is 0 Å². The fraction of sp³-hybridized carbons (Fsp3) is 0.808. The Balaban J connectivity index is 3.16. The summed E-state index contributed by atoms with van der Waals surface area (Å²) in [5, 5.41) is 0.101. The van der Waals surface area contributed by atoms with Crippen molar-refractivity contribution < 1.29 is 23.4 Å². The van der Waals surface area contributed by atoms with Crippen LogP contribution in [0.1, 0.15) is 61.8 Å². The lowest BCUT2D eigenvalue weighted by Crippen LogP contribution is -2.49. The van der Waals surface area contributed by atoms with Gasteiger partial charge in [-0.1, -0.05) is 51.5 Å². The molecule has 33 heavy (non-hydrogen) atoms. The van der Waals surface area contributed by atoms with Crippen LogP contribution in [0.2, 0.25) is 18.1 Å². The Morgan fingerprint density at radius 3 is 2.33 bits per heavy atom. The van der Waals surface area contributed by atoms with E-state index in [1.807, 2.05) is 20.8 Å². The number of carbonyl (C=O) groups is 1. The minimum absolute atomic E-state index is 0.101. The first kappa shape index (κ1) is 29.9. The van der Waals surface area contributed by atoms with Crippen molar-refractivity contribution in [2.75, 3.05) is 33.4 Å². The summed E-state index contributed by atoms with van der Waals surface area (Å²) in [6.07, 6.45) is 6.51. The van der Waals surface area contributed by atoms with Gasteiger partial charge in [0.2, 0.25) is 0 Å². The van der Waals surface area contributed by atoms with Gasteiger partial charge in [-0.25, -0.2) is 4.79 Å². The van der Waals surface area contributed by atoms with Gasteiger partial charge in [-0.05, 0) is 52.2 Å². The van der Waals surface area contributed by atoms with Crippen LogP contribution in [0.15, 0.2) is 23.8 Å². The fourth-order valence-corrected chi connectivity index (χ4v) is 4.78. The van der Waals surface area contributed by atoms with Crippen molar-refractivity contribution in [3.8, 4) is 0 Å². The maximum atomic E-state index is 12.7. The summed E-state index contributed by atoms with van der Waals surface area (Å²) in [6.45, 7) is 23.3. The molecule has 0 N–H and O–H groups in total. The van der Waals surface area contributed by atoms with Crippen LogP contribution >= 0.6 is 0 Å². The highest BCUT2D eigenvalue weighted by Gasteiger charge is 2.41. The standard InChI is InChI=1S/C26H49NO5Si/c1-20-18-21(2)23(32-33(10,11)26(6,7)8)22(29-9)14-12-13-15-27(16-17-30-19-20)24(28)31-25(3,4)5/h12,14,18,21-23H,13,15-17,19H2,1-11H3/b14-12+,20-18-/t21-,22+,23+/m1/s1. The van der Waals surface area contributed by atoms with E-state index >= 15 is 0 Å². The molecule has 1 rings (SSSR count). The molecule has 3 atom stereocenters. The molecule has 1 aliphatic heterocycles. The normalized spacial score (nSPS) is 27.3. The van der Waals surface area contributed by atoms with Gasteiger partial charge >= 0.3 is 6.09 Å². The maximum Gasteiger partial charge on any atom is 0.410 e. The summed E-state index contributed by atoms with van der Waals surface area (Å²) in [4.78, 5) is 14.4. The molecule has 0 aromatic rings. The lowest BCUT2D eigenvalue weighted by atomic mass is 9.97. The van der Waals surface area contributed by atoms with E-state index in [4.69, 9.17) is 18.6 Å². The molecule has 0 aliphatic carbocycles. The summed E-state index contributed by atoms with van der Waals surface area (Å²) in [7, 11) is -0.280. The van der Waals surface area contributed by atoms with Crippen molar-refractivity contribution in [1.29, 1.82) is 0 Å². The molecule has 6 nitrogen and oxygen atoms in total. The Labute approximate surface area is 203 Å². The van der Waals surface area contributed by atoms with E-state index in [0.29, 0.717) is 32.7 Å². The first-order valence-electron chi connectivity index (χ1n) is 12.2. The average molecular weight is 484 g/mol. The predicted octanol–water partition coefficient (Wildman–Crippen LogP) is 6.19. The smallest absolute Gasteiger partial charge is 0.410 e. The zero-order chi connectivity index (χ0) is 25.4. The van der Waals surface area contributed by atoms with E-state index in [-0.39, 0.29) is 29.3 Å². The van der Waals surface area contributed by atoms with Gasteiger partial charge in [0.05, 0.1) is 19.3 Å². The van der Waals surface area contributed by atoms with Gasteiger partial charge in [0.25, 0.3) is 0 Å². The molecule has 0 aromatic heterocycles. The van der Waals surface area contributed by atoms with Crippen LogP contribution in [-0.2, 0) is 18.6 Å². The maximum absolute atomic E-state index is 12.7. The quantitative estimate of drug-likeness (QED) is 0.354. The molecule has 192 valence electrons. The number of rotatable bonds is 3. The number of hydrogen-bond donors (Lipinski definition) is 0. The van der Waals surface area contributed by atoms with E-state index in [0.717, 1.165) is 5.57 Å². The molecule has 0 saturated heterocycles. The zero-order valence-electron chi connectivity index (χ0n) is 23.0. The van der Waals surface area contributed by atoms with Crippen molar-refractivity contribution >= 4 is 14.4 Å². The second-order valence-corrected chi connectivity index (χ2v) is 16.4. The minimum Gasteiger partial charge on any atom is -0.444 e. The van der Waals surface area contributed by atoms with Crippen LogP contribution < -0.4 is 0 Å². The largest absolute Gasteiger partial charge is 0.444 e. The van der Waals surface area contributed by atoms with Gasteiger partial charge in [-0.3, -0.25) is 0 Å². The van der Waals surface area contributed by atoms with E-state index in [9.17, 15) is 4.79 Å². The van der Waals surface area contributed by atoms with Crippen LogP contribution in [0.4, 0.5) is 4.79 Å². The number of hydrogen-bond acceptors (Lipinski definition) is 5. The summed E-state index contributed by atoms with van der Waals surface area (Å²) >= 11 is 0. The van der Waals surface area contributed by atoms with Gasteiger partial charge < -0.3 is 23.5 Å². The Kier molecular flexibility index (Phi) is 11.3. The Morgan fingerprint density at radius 1 is 1.15 bits per heavy atom. The topological polar surface area (TPSA) is 57.2 Å². The van der Waals surface area contributed by atoms with Crippen LogP contribution in [-0.4, -0.2) is 70.5 Å². The summed E-state index contributed by atoms with van der Waals surface area (Å²) in [5.74, 6) is 0.165. The molecular weight excluding hydrogens is 434 g/mol. The van der Waals surface area contributed by atoms with Gasteiger partial charge in [-0.15, -0.1) is 0 Å². The van der Waals surface area contributed by atoms with E-state index < -0.39 is 13.9 Å². The summed E-state index contributed by atoms with van der Waals surface area (Å²) in [6, 6.07) is 0. The number of amides is 1. The van der Waals surface area contributed by atoms with Gasteiger partial charge in [0.15, 0.2) is 8.32 Å². The van der Waals surface area contributed by atoms with Gasteiger partial charge in [0.1, 0.15) is 11.7 Å². The van der Waals surface area contributed by atoms with Gasteiger partial charge in [-0.2, -0.15) is 0 Å². The lowest BCUT2D eigenvalue weighted by molar-refractivity contribution is 0.00502. The number of nitrogens with zero attached hydrogens (tertiary/aromatic N) is 1. The highest BCUT2D eigenvalue weighted by molar-refractivity contribution is 6.74. The molecule has 0 bridgehead atoms. The SMILES string of the molecule is CO[C@H]1/C=C/CCN(C(=O)OC(C)(C)C)CCOC/C(C)=C\[C@@H](C)[C@@H]1O[Si](C)(C)C(C)(C)C. The third kappa shape index (κ3) is 10.3. The highest BCUT2D eigenvalue weighted by atomic mass is 28.4. The molecule has 1 amide bonds. The van der Waals surface area contributed by atoms with Crippen molar-refractivity contribution in [2.45, 2.75) is 97.8 Å². The molecule has 1 heterocycles. The second-order valence-electron chi connectivity index (χ2n) is 11.7. The number of methoxy groups -OCH3 is 1.